The molecule has 2 unspecified atom stereocenters. The molecule has 2 fully saturated rings. The van der Waals surface area contributed by atoms with Crippen LogP contribution in [0.2, 0.25) is 0 Å². The van der Waals surface area contributed by atoms with Gasteiger partial charge in [-0.1, -0.05) is 12.1 Å². The molecule has 0 bridgehead atoms. The normalized spacial score (nSPS) is 25.4. The summed E-state index contributed by atoms with van der Waals surface area (Å²) in [5.74, 6) is 0.106. The fraction of sp³-hybridized carbons (Fsp3) is 0.562. The molecule has 4 N–H and O–H groups in total. The Balaban J connectivity index is 0.00000156. The first-order valence-corrected chi connectivity index (χ1v) is 9.55. The Labute approximate surface area is 161 Å². The number of sulfonamides is 1. The van der Waals surface area contributed by atoms with E-state index in [9.17, 15) is 13.2 Å². The lowest BCUT2D eigenvalue weighted by molar-refractivity contribution is -0.119. The summed E-state index contributed by atoms with van der Waals surface area (Å²) in [6.45, 7) is 2.33. The predicted molar refractivity (Wildman–Crippen MR) is 102 cm³/mol. The third-order valence-corrected chi connectivity index (χ3v) is 6.17. The molecule has 142 valence electrons. The molecule has 1 aromatic rings. The minimum Gasteiger partial charge on any atom is -0.369 e. The molecule has 0 radical (unpaired) electrons. The number of halogens is 2. The van der Waals surface area contributed by atoms with Gasteiger partial charge in [-0.25, -0.2) is 13.1 Å². The van der Waals surface area contributed by atoms with Crippen LogP contribution < -0.4 is 15.8 Å². The molecule has 9 heteroatoms. The van der Waals surface area contributed by atoms with Crippen molar-refractivity contribution >= 4 is 40.7 Å². The van der Waals surface area contributed by atoms with E-state index < -0.39 is 10.0 Å². The highest BCUT2D eigenvalue weighted by Crippen LogP contribution is 2.47. The summed E-state index contributed by atoms with van der Waals surface area (Å²) in [4.78, 5) is 11.4. The van der Waals surface area contributed by atoms with Gasteiger partial charge in [-0.3, -0.25) is 4.79 Å². The van der Waals surface area contributed by atoms with Gasteiger partial charge in [-0.2, -0.15) is 0 Å². The van der Waals surface area contributed by atoms with Gasteiger partial charge in [0.15, 0.2) is 0 Å². The lowest BCUT2D eigenvalue weighted by Crippen LogP contribution is -2.38. The first-order valence-electron chi connectivity index (χ1n) is 8.07. The van der Waals surface area contributed by atoms with Crippen LogP contribution in [0.25, 0.3) is 0 Å². The average Bonchev–Trinajstić information content (AvgIpc) is 3.35. The number of primary amides is 1. The zero-order valence-corrected chi connectivity index (χ0v) is 16.3. The number of carbonyl (C=O) groups excluding carboxylic acids is 1. The maximum Gasteiger partial charge on any atom is 0.240 e. The quantitative estimate of drug-likeness (QED) is 0.660. The Morgan fingerprint density at radius 3 is 2.44 bits per heavy atom. The van der Waals surface area contributed by atoms with Gasteiger partial charge in [0.05, 0.1) is 4.90 Å². The number of benzene rings is 1. The monoisotopic (exact) mass is 409 g/mol. The van der Waals surface area contributed by atoms with E-state index in [0.717, 1.165) is 37.9 Å². The van der Waals surface area contributed by atoms with Crippen LogP contribution in [0, 0.1) is 11.8 Å². The van der Waals surface area contributed by atoms with Gasteiger partial charge < -0.3 is 11.1 Å². The number of rotatable bonds is 6. The second-order valence-corrected chi connectivity index (χ2v) is 8.25. The number of nitrogens with two attached hydrogens (primary N) is 1. The van der Waals surface area contributed by atoms with Gasteiger partial charge in [-0.15, -0.1) is 24.8 Å². The van der Waals surface area contributed by atoms with E-state index in [2.05, 4.69) is 10.0 Å². The number of nitrogens with one attached hydrogen (secondary N) is 2. The Bertz CT molecular complexity index is 676. The molecular formula is C16H25Cl2N3O3S. The molecule has 1 heterocycles. The largest absolute Gasteiger partial charge is 0.369 e. The van der Waals surface area contributed by atoms with Crippen molar-refractivity contribution in [3.63, 3.8) is 0 Å². The van der Waals surface area contributed by atoms with E-state index in [1.54, 1.807) is 24.3 Å². The minimum atomic E-state index is -3.48. The van der Waals surface area contributed by atoms with Crippen molar-refractivity contribution in [2.75, 3.05) is 19.6 Å². The lowest BCUT2D eigenvalue weighted by Gasteiger charge is -2.22. The summed E-state index contributed by atoms with van der Waals surface area (Å²) >= 11 is 0. The number of hydrogen-bond donors (Lipinski definition) is 3. The van der Waals surface area contributed by atoms with Gasteiger partial charge in [0.25, 0.3) is 0 Å². The molecule has 0 aromatic heterocycles. The molecular weight excluding hydrogens is 385 g/mol. The molecule has 2 aliphatic rings. The molecule has 0 spiro atoms. The van der Waals surface area contributed by atoms with Gasteiger partial charge in [0.1, 0.15) is 0 Å². The molecule has 1 saturated carbocycles. The highest BCUT2D eigenvalue weighted by molar-refractivity contribution is 7.89. The van der Waals surface area contributed by atoms with Gasteiger partial charge in [-0.05, 0) is 61.9 Å². The fourth-order valence-corrected chi connectivity index (χ4v) is 4.30. The predicted octanol–water partition coefficient (Wildman–Crippen LogP) is 1.40. The topological polar surface area (TPSA) is 101 Å². The summed E-state index contributed by atoms with van der Waals surface area (Å²) in [6, 6.07) is 6.77. The molecule has 1 aromatic carbocycles. The summed E-state index contributed by atoms with van der Waals surface area (Å²) in [6.07, 6.45) is 2.89. The van der Waals surface area contributed by atoms with Gasteiger partial charge in [0.2, 0.25) is 15.9 Å². The number of piperidine rings is 1. The highest BCUT2D eigenvalue weighted by atomic mass is 35.5. The molecule has 6 nitrogen and oxygen atoms in total. The van der Waals surface area contributed by atoms with Crippen LogP contribution in [0.15, 0.2) is 29.2 Å². The van der Waals surface area contributed by atoms with E-state index in [-0.39, 0.29) is 47.5 Å². The molecule has 1 amide bonds. The zero-order valence-electron chi connectivity index (χ0n) is 13.8. The SMILES string of the molecule is Cl.Cl.NC(=O)C1CC1c1ccc(S(=O)(=O)NC[C@@H]2CCCNC2)cc1. The van der Waals surface area contributed by atoms with E-state index in [0.29, 0.717) is 12.5 Å². The van der Waals surface area contributed by atoms with E-state index in [1.165, 1.54) is 0 Å². The second-order valence-electron chi connectivity index (χ2n) is 6.48. The Morgan fingerprint density at radius 1 is 1.24 bits per heavy atom. The molecule has 3 atom stereocenters. The third kappa shape index (κ3) is 5.56. The minimum absolute atomic E-state index is 0. The number of amides is 1. The molecule has 1 aliphatic carbocycles. The molecule has 1 saturated heterocycles. The van der Waals surface area contributed by atoms with Crippen LogP contribution in [0.1, 0.15) is 30.7 Å². The zero-order chi connectivity index (χ0) is 16.4. The van der Waals surface area contributed by atoms with Crippen molar-refractivity contribution in [3.05, 3.63) is 29.8 Å². The molecule has 3 rings (SSSR count). The highest BCUT2D eigenvalue weighted by Gasteiger charge is 2.42. The van der Waals surface area contributed by atoms with E-state index in [4.69, 9.17) is 5.73 Å². The maximum atomic E-state index is 12.3. The summed E-state index contributed by atoms with van der Waals surface area (Å²) < 4.78 is 27.4. The van der Waals surface area contributed by atoms with Crippen LogP contribution >= 0.6 is 24.8 Å². The summed E-state index contributed by atoms with van der Waals surface area (Å²) in [7, 11) is -3.48. The smallest absolute Gasteiger partial charge is 0.240 e. The van der Waals surface area contributed by atoms with Crippen molar-refractivity contribution in [1.82, 2.24) is 10.0 Å². The van der Waals surface area contributed by atoms with Crippen molar-refractivity contribution in [1.29, 1.82) is 0 Å². The number of carbonyl (C=O) groups is 1. The number of hydrogen-bond acceptors (Lipinski definition) is 4. The van der Waals surface area contributed by atoms with Crippen LogP contribution in [-0.4, -0.2) is 34.0 Å². The third-order valence-electron chi connectivity index (χ3n) is 4.74. The van der Waals surface area contributed by atoms with E-state index >= 15 is 0 Å². The summed E-state index contributed by atoms with van der Waals surface area (Å²) in [5.41, 5.74) is 6.26. The first kappa shape index (κ1) is 22.2. The van der Waals surface area contributed by atoms with Crippen LogP contribution in [0.5, 0.6) is 0 Å². The van der Waals surface area contributed by atoms with Crippen molar-refractivity contribution < 1.29 is 13.2 Å². The second kappa shape index (κ2) is 9.19. The van der Waals surface area contributed by atoms with Crippen molar-refractivity contribution in [3.8, 4) is 0 Å². The van der Waals surface area contributed by atoms with Crippen LogP contribution in [0.4, 0.5) is 0 Å². The fourth-order valence-electron chi connectivity index (χ4n) is 3.18. The van der Waals surface area contributed by atoms with E-state index in [1.807, 2.05) is 0 Å². The Kier molecular flexibility index (Phi) is 8.15. The van der Waals surface area contributed by atoms with Crippen LogP contribution in [0.3, 0.4) is 0 Å². The summed E-state index contributed by atoms with van der Waals surface area (Å²) in [5, 5.41) is 3.28. The average molecular weight is 410 g/mol. The molecule has 1 aliphatic heterocycles. The Morgan fingerprint density at radius 2 is 1.92 bits per heavy atom. The van der Waals surface area contributed by atoms with Crippen molar-refractivity contribution in [2.45, 2.75) is 30.1 Å². The standard InChI is InChI=1S/C16H23N3O3S.2ClH/c17-16(20)15-8-14(15)12-3-5-13(6-4-12)23(21,22)19-10-11-2-1-7-18-9-11;;/h3-6,11,14-15,18-19H,1-2,7-10H2,(H2,17,20);2*1H/t11-,14?,15?;;/m1../s1. The van der Waals surface area contributed by atoms with Gasteiger partial charge >= 0.3 is 0 Å². The maximum absolute atomic E-state index is 12.3. The molecule has 25 heavy (non-hydrogen) atoms. The first-order chi connectivity index (χ1) is 11.0. The van der Waals surface area contributed by atoms with Crippen molar-refractivity contribution in [2.24, 2.45) is 17.6 Å². The van der Waals surface area contributed by atoms with Crippen LogP contribution in [-0.2, 0) is 14.8 Å². The lowest BCUT2D eigenvalue weighted by atomic mass is 10.0. The Hall–Kier alpha value is -0.860. The van der Waals surface area contributed by atoms with Gasteiger partial charge in [0, 0.05) is 12.5 Å².